The molecule has 0 spiro atoms. The van der Waals surface area contributed by atoms with E-state index in [4.69, 9.17) is 0 Å². The summed E-state index contributed by atoms with van der Waals surface area (Å²) in [4.78, 5) is 19.7. The Balaban J connectivity index is 0.00000320. The number of aliphatic imine (C=N–C) groups is 2. The Morgan fingerprint density at radius 2 is 1.20 bits per heavy atom. The van der Waals surface area contributed by atoms with Crippen molar-refractivity contribution in [3.63, 3.8) is 0 Å². The average Bonchev–Trinajstić information content (AvgIpc) is 2.67. The van der Waals surface area contributed by atoms with E-state index in [0.717, 1.165) is 6.07 Å². The normalized spacial score (nSPS) is 10.9. The molecule has 9 heteroatoms. The molecule has 30 heavy (non-hydrogen) atoms. The summed E-state index contributed by atoms with van der Waals surface area (Å²) < 4.78 is 0. The molecule has 0 amide bonds. The minimum absolute atomic E-state index is 0. The van der Waals surface area contributed by atoms with Crippen molar-refractivity contribution < 1.29 is 49.8 Å². The Bertz CT molecular complexity index is 1140. The van der Waals surface area contributed by atoms with Crippen LogP contribution in [0.2, 0.25) is 0 Å². The zero-order valence-electron chi connectivity index (χ0n) is 15.6. The first-order chi connectivity index (χ1) is 13.8. The van der Waals surface area contributed by atoms with Crippen molar-refractivity contribution in [2.75, 3.05) is 0 Å². The van der Waals surface area contributed by atoms with Gasteiger partial charge in [0, 0.05) is 55.2 Å². The van der Waals surface area contributed by atoms with Crippen molar-refractivity contribution in [1.29, 1.82) is 0 Å². The third-order valence-corrected chi connectivity index (χ3v) is 3.94. The van der Waals surface area contributed by atoms with E-state index in [2.05, 4.69) is 9.98 Å². The number of benzene rings is 3. The number of carboxylic acids is 1. The topological polar surface area (TPSA) is 143 Å². The smallest absolute Gasteiger partial charge is 0.335 e. The first-order valence-corrected chi connectivity index (χ1v) is 8.33. The van der Waals surface area contributed by atoms with Gasteiger partial charge in [-0.25, -0.2) is 4.79 Å². The molecule has 0 saturated carbocycles. The van der Waals surface area contributed by atoms with Gasteiger partial charge in [-0.05, 0) is 42.5 Å². The quantitative estimate of drug-likeness (QED) is 0.292. The van der Waals surface area contributed by atoms with Crippen LogP contribution in [0, 0.1) is 0 Å². The van der Waals surface area contributed by atoms with Crippen LogP contribution in [0.5, 0.6) is 23.0 Å². The number of carbonyl (C=O) groups is 1. The number of nitrogens with zero attached hydrogens (tertiary/aromatic N) is 2. The van der Waals surface area contributed by atoms with E-state index in [9.17, 15) is 30.3 Å². The van der Waals surface area contributed by atoms with Gasteiger partial charge < -0.3 is 25.5 Å². The monoisotopic (exact) mass is 456 g/mol. The fraction of sp³-hybridized carbons (Fsp3) is 0. The van der Waals surface area contributed by atoms with Crippen molar-refractivity contribution in [1.82, 2.24) is 0 Å². The predicted octanol–water partition coefficient (Wildman–Crippen LogP) is 3.71. The number of carboxylic acid groups (broad SMARTS) is 1. The van der Waals surface area contributed by atoms with Gasteiger partial charge in [-0.15, -0.1) is 0 Å². The first kappa shape index (κ1) is 22.6. The summed E-state index contributed by atoms with van der Waals surface area (Å²) in [6, 6.07) is 12.2. The molecule has 0 aliphatic carbocycles. The van der Waals surface area contributed by atoms with E-state index in [1.54, 1.807) is 0 Å². The molecule has 3 aromatic carbocycles. The summed E-state index contributed by atoms with van der Waals surface area (Å²) in [6.45, 7) is 0. The van der Waals surface area contributed by atoms with E-state index in [1.165, 1.54) is 61.0 Å². The van der Waals surface area contributed by atoms with E-state index in [1.807, 2.05) is 0 Å². The SMILES string of the molecule is O=C(O)c1ccc(N=Cc2ccc(O)cc2O)c(N=Cc2ccc(O)cc2O)c1.[Zn]. The molecule has 0 aliphatic rings. The zero-order chi connectivity index (χ0) is 21.0. The second-order valence-corrected chi connectivity index (χ2v) is 6.01. The third-order valence-electron chi connectivity index (χ3n) is 3.94. The number of phenolic OH excluding ortho intramolecular Hbond substituents is 4. The second kappa shape index (κ2) is 9.67. The van der Waals surface area contributed by atoms with Crippen LogP contribution in [-0.2, 0) is 19.5 Å². The number of phenols is 4. The van der Waals surface area contributed by atoms with E-state index in [0.29, 0.717) is 16.8 Å². The van der Waals surface area contributed by atoms with Crippen LogP contribution in [0.25, 0.3) is 0 Å². The molecule has 3 aromatic rings. The van der Waals surface area contributed by atoms with Crippen LogP contribution in [0.4, 0.5) is 11.4 Å². The second-order valence-electron chi connectivity index (χ2n) is 6.01. The van der Waals surface area contributed by atoms with Crippen molar-refractivity contribution in [2.45, 2.75) is 0 Å². The number of aromatic carboxylic acids is 1. The van der Waals surface area contributed by atoms with Crippen LogP contribution in [0.3, 0.4) is 0 Å². The van der Waals surface area contributed by atoms with Crippen LogP contribution in [-0.4, -0.2) is 43.9 Å². The van der Waals surface area contributed by atoms with Crippen LogP contribution in [0.1, 0.15) is 21.5 Å². The van der Waals surface area contributed by atoms with Crippen LogP contribution in [0.15, 0.2) is 64.6 Å². The Hall–Kier alpha value is -3.71. The number of hydrogen-bond acceptors (Lipinski definition) is 7. The summed E-state index contributed by atoms with van der Waals surface area (Å²) in [5.74, 6) is -1.70. The van der Waals surface area contributed by atoms with Gasteiger partial charge in [-0.2, -0.15) is 0 Å². The summed E-state index contributed by atoms with van der Waals surface area (Å²) in [6.07, 6.45) is 2.66. The van der Waals surface area contributed by atoms with Gasteiger partial charge in [0.2, 0.25) is 0 Å². The van der Waals surface area contributed by atoms with Gasteiger partial charge in [0.15, 0.2) is 0 Å². The van der Waals surface area contributed by atoms with Gasteiger partial charge in [-0.3, -0.25) is 9.98 Å². The number of aromatic hydroxyl groups is 4. The predicted molar refractivity (Wildman–Crippen MR) is 107 cm³/mol. The van der Waals surface area contributed by atoms with Gasteiger partial charge in [0.1, 0.15) is 23.0 Å². The molecule has 0 radical (unpaired) electrons. The molecule has 0 heterocycles. The number of rotatable bonds is 5. The molecule has 8 nitrogen and oxygen atoms in total. The largest absolute Gasteiger partial charge is 0.508 e. The fourth-order valence-corrected chi connectivity index (χ4v) is 2.43. The van der Waals surface area contributed by atoms with Gasteiger partial charge in [-0.1, -0.05) is 0 Å². The molecular weight excluding hydrogens is 442 g/mol. The van der Waals surface area contributed by atoms with Gasteiger partial charge in [0.05, 0.1) is 16.9 Å². The molecule has 0 aliphatic heterocycles. The summed E-state index contributed by atoms with van der Waals surface area (Å²) in [5.41, 5.74) is 1.19. The van der Waals surface area contributed by atoms with Crippen LogP contribution < -0.4 is 0 Å². The van der Waals surface area contributed by atoms with E-state index in [-0.39, 0.29) is 53.7 Å². The average molecular weight is 458 g/mol. The Kier molecular flexibility index (Phi) is 7.28. The first-order valence-electron chi connectivity index (χ1n) is 8.33. The fourth-order valence-electron chi connectivity index (χ4n) is 2.43. The van der Waals surface area contributed by atoms with Gasteiger partial charge >= 0.3 is 5.97 Å². The number of hydrogen-bond donors (Lipinski definition) is 5. The molecule has 5 N–H and O–H groups in total. The van der Waals surface area contributed by atoms with Crippen molar-refractivity contribution in [3.8, 4) is 23.0 Å². The molecule has 0 saturated heterocycles. The molecule has 0 bridgehead atoms. The molecule has 148 valence electrons. The molecule has 0 fully saturated rings. The maximum Gasteiger partial charge on any atom is 0.335 e. The Morgan fingerprint density at radius 3 is 1.67 bits per heavy atom. The van der Waals surface area contributed by atoms with E-state index < -0.39 is 5.97 Å². The molecular formula is C21H16N2O6Zn. The maximum atomic E-state index is 11.3. The molecule has 0 unspecified atom stereocenters. The zero-order valence-corrected chi connectivity index (χ0v) is 18.6. The maximum absolute atomic E-state index is 11.3. The molecule has 3 rings (SSSR count). The Morgan fingerprint density at radius 1 is 0.700 bits per heavy atom. The van der Waals surface area contributed by atoms with Crippen molar-refractivity contribution in [2.24, 2.45) is 9.98 Å². The third kappa shape index (κ3) is 5.42. The minimum atomic E-state index is -1.14. The summed E-state index contributed by atoms with van der Waals surface area (Å²) in [5, 5.41) is 47.6. The van der Waals surface area contributed by atoms with Crippen LogP contribution >= 0.6 is 0 Å². The molecule has 0 aromatic heterocycles. The van der Waals surface area contributed by atoms with Crippen molar-refractivity contribution in [3.05, 3.63) is 71.3 Å². The minimum Gasteiger partial charge on any atom is -0.508 e. The summed E-state index contributed by atoms with van der Waals surface area (Å²) in [7, 11) is 0. The summed E-state index contributed by atoms with van der Waals surface area (Å²) >= 11 is 0. The standard InChI is InChI=1S/C21H16N2O6.Zn/c24-15-4-1-13(19(26)8-15)10-22-17-6-3-12(21(28)29)7-18(17)23-11-14-2-5-16(25)9-20(14)27;/h1-11,24-27H,(H,28,29);. The molecule has 0 atom stereocenters. The van der Waals surface area contributed by atoms with E-state index >= 15 is 0 Å². The Labute approximate surface area is 183 Å². The van der Waals surface area contributed by atoms with Gasteiger partial charge in [0.25, 0.3) is 0 Å². The van der Waals surface area contributed by atoms with Crippen molar-refractivity contribution >= 4 is 29.8 Å².